The highest BCUT2D eigenvalue weighted by Crippen LogP contribution is 2.38. The molecule has 0 aliphatic carbocycles. The number of amides is 1. The van der Waals surface area contributed by atoms with Crippen LogP contribution in [-0.4, -0.2) is 94.1 Å². The smallest absolute Gasteiger partial charge is 0.242 e. The normalized spacial score (nSPS) is 20.2. The molecule has 3 heterocycles. The van der Waals surface area contributed by atoms with Crippen LogP contribution in [0, 0.1) is 0 Å². The molecule has 2 aliphatic rings. The Bertz CT molecular complexity index is 1220. The molecule has 1 aromatic carbocycles. The zero-order valence-corrected chi connectivity index (χ0v) is 18.8. The third-order valence-electron chi connectivity index (χ3n) is 5.42. The summed E-state index contributed by atoms with van der Waals surface area (Å²) >= 11 is 0. The number of hydrogen-bond donors (Lipinski definition) is 4. The van der Waals surface area contributed by atoms with Gasteiger partial charge in [-0.25, -0.2) is 26.7 Å². The van der Waals surface area contributed by atoms with Crippen LogP contribution in [0.25, 0.3) is 11.4 Å². The number of nitrogens with zero attached hydrogens (tertiary/aromatic N) is 5. The van der Waals surface area contributed by atoms with Crippen LogP contribution < -0.4 is 20.1 Å². The number of carbonyl (C=O) groups is 1. The zero-order valence-electron chi connectivity index (χ0n) is 17.1. The van der Waals surface area contributed by atoms with Gasteiger partial charge in [-0.15, -0.1) is 10.2 Å². The highest BCUT2D eigenvalue weighted by molar-refractivity contribution is 7.92. The number of H-pyrrole nitrogens is 1. The van der Waals surface area contributed by atoms with E-state index >= 15 is 0 Å². The van der Waals surface area contributed by atoms with Crippen LogP contribution in [0.2, 0.25) is 0 Å². The van der Waals surface area contributed by atoms with Gasteiger partial charge in [-0.05, 0) is 30.3 Å². The fraction of sp³-hybridized carbons (Fsp3) is 0.500. The molecule has 2 aromatic rings. The number of anilines is 1. The van der Waals surface area contributed by atoms with E-state index in [9.17, 15) is 21.6 Å². The number of sulfonamides is 2. The molecule has 0 radical (unpaired) electrons. The van der Waals surface area contributed by atoms with Gasteiger partial charge in [-0.1, -0.05) is 0 Å². The van der Waals surface area contributed by atoms with E-state index in [1.807, 2.05) is 0 Å². The Morgan fingerprint density at radius 3 is 2.59 bits per heavy atom. The predicted octanol–water partition coefficient (Wildman–Crippen LogP) is -2.57. The summed E-state index contributed by atoms with van der Waals surface area (Å²) in [6.45, 7) is 1.80. The summed E-state index contributed by atoms with van der Waals surface area (Å²) < 4.78 is 54.2. The van der Waals surface area contributed by atoms with Crippen LogP contribution in [0.1, 0.15) is 6.42 Å². The minimum absolute atomic E-state index is 0.0382. The number of hydrogen-bond acceptors (Lipinski definition) is 10. The van der Waals surface area contributed by atoms with Gasteiger partial charge in [0.15, 0.2) is 0 Å². The Morgan fingerprint density at radius 1 is 1.22 bits per heavy atom. The summed E-state index contributed by atoms with van der Waals surface area (Å²) in [6.07, 6.45) is 0.559. The predicted molar refractivity (Wildman–Crippen MR) is 112 cm³/mol. The summed E-state index contributed by atoms with van der Waals surface area (Å²) in [6, 6.07) is 2.21. The fourth-order valence-corrected chi connectivity index (χ4v) is 6.66. The van der Waals surface area contributed by atoms with Gasteiger partial charge in [0.25, 0.3) is 0 Å². The molecule has 5 N–H and O–H groups in total. The Kier molecular flexibility index (Phi) is 5.89. The van der Waals surface area contributed by atoms with Crippen LogP contribution in [-0.2, 0) is 24.8 Å². The van der Waals surface area contributed by atoms with Gasteiger partial charge in [-0.3, -0.25) is 4.79 Å². The molecule has 0 spiro atoms. The van der Waals surface area contributed by atoms with E-state index in [4.69, 9.17) is 5.14 Å². The summed E-state index contributed by atoms with van der Waals surface area (Å²) in [4.78, 5) is 14.3. The lowest BCUT2D eigenvalue weighted by atomic mass is 10.1. The molecule has 174 valence electrons. The first-order valence-electron chi connectivity index (χ1n) is 9.73. The van der Waals surface area contributed by atoms with E-state index in [2.05, 4.69) is 30.7 Å². The van der Waals surface area contributed by atoms with Crippen molar-refractivity contribution in [2.45, 2.75) is 22.3 Å². The van der Waals surface area contributed by atoms with Crippen LogP contribution in [0.15, 0.2) is 21.9 Å². The van der Waals surface area contributed by atoms with Crippen molar-refractivity contribution in [2.75, 3.05) is 44.7 Å². The minimum atomic E-state index is -4.57. The van der Waals surface area contributed by atoms with Crippen molar-refractivity contribution in [1.29, 1.82) is 0 Å². The molecule has 0 unspecified atom stereocenters. The standard InChI is InChI=1S/C16H23N9O5S2/c1-24-6-7-25(9-13(24)26)11-2-3-12(32(29,30)21-10-4-5-18-8-10)15(31(17,27)28)14(11)16-19-22-23-20-16/h2-3,10,18,21H,4-9H2,1H3,(H2,17,27,28)(H,19,20,22,23)/t10-/m1/s1. The van der Waals surface area contributed by atoms with Crippen molar-refractivity contribution in [2.24, 2.45) is 5.14 Å². The van der Waals surface area contributed by atoms with Gasteiger partial charge >= 0.3 is 0 Å². The number of tetrazole rings is 1. The number of primary sulfonamides is 1. The van der Waals surface area contributed by atoms with E-state index in [0.29, 0.717) is 32.6 Å². The molecule has 32 heavy (non-hydrogen) atoms. The number of aromatic amines is 1. The number of rotatable bonds is 6. The molecule has 2 fully saturated rings. The molecule has 0 bridgehead atoms. The molecule has 1 atom stereocenters. The Labute approximate surface area is 184 Å². The third kappa shape index (κ3) is 4.31. The van der Waals surface area contributed by atoms with Crippen LogP contribution in [0.4, 0.5) is 5.69 Å². The van der Waals surface area contributed by atoms with Gasteiger partial charge in [0.2, 0.25) is 31.8 Å². The number of benzene rings is 1. The summed E-state index contributed by atoms with van der Waals surface area (Å²) in [7, 11) is -7.18. The van der Waals surface area contributed by atoms with Crippen molar-refractivity contribution >= 4 is 31.6 Å². The van der Waals surface area contributed by atoms with Crippen molar-refractivity contribution in [3.63, 3.8) is 0 Å². The highest BCUT2D eigenvalue weighted by Gasteiger charge is 2.35. The van der Waals surface area contributed by atoms with Gasteiger partial charge in [0.1, 0.15) is 9.79 Å². The highest BCUT2D eigenvalue weighted by atomic mass is 32.2. The summed E-state index contributed by atoms with van der Waals surface area (Å²) in [5.74, 6) is -0.338. The first-order valence-corrected chi connectivity index (χ1v) is 12.8. The average molecular weight is 486 g/mol. The van der Waals surface area contributed by atoms with Crippen LogP contribution in [0.3, 0.4) is 0 Å². The quantitative estimate of drug-likeness (QED) is 0.337. The topological polar surface area (TPSA) is 196 Å². The number of nitrogens with one attached hydrogen (secondary N) is 3. The maximum absolute atomic E-state index is 13.2. The second-order valence-electron chi connectivity index (χ2n) is 7.62. The number of aromatic nitrogens is 4. The monoisotopic (exact) mass is 485 g/mol. The Hall–Kier alpha value is -2.66. The largest absolute Gasteiger partial charge is 0.360 e. The van der Waals surface area contributed by atoms with Crippen molar-refractivity contribution in [3.05, 3.63) is 12.1 Å². The number of nitrogens with two attached hydrogens (primary N) is 1. The SMILES string of the molecule is CN1CCN(c2ccc(S(=O)(=O)N[C@@H]3CCNC3)c(S(N)(=O)=O)c2-c2nn[nH]n2)CC1=O. The Balaban J connectivity index is 1.92. The van der Waals surface area contributed by atoms with E-state index in [-0.39, 0.29) is 29.5 Å². The molecule has 0 saturated carbocycles. The summed E-state index contributed by atoms with van der Waals surface area (Å²) in [5.41, 5.74) is 0.129. The van der Waals surface area contributed by atoms with E-state index in [0.717, 1.165) is 0 Å². The van der Waals surface area contributed by atoms with Gasteiger partial charge in [0, 0.05) is 38.4 Å². The molecule has 16 heteroatoms. The first-order chi connectivity index (χ1) is 15.1. The van der Waals surface area contributed by atoms with Gasteiger partial charge in [0.05, 0.1) is 12.1 Å². The zero-order chi connectivity index (χ0) is 23.1. The maximum atomic E-state index is 13.2. The lowest BCUT2D eigenvalue weighted by molar-refractivity contribution is -0.129. The van der Waals surface area contributed by atoms with Crippen LogP contribution in [0.5, 0.6) is 0 Å². The molecule has 1 aromatic heterocycles. The van der Waals surface area contributed by atoms with E-state index in [1.165, 1.54) is 12.1 Å². The number of likely N-dealkylation sites (N-methyl/N-ethyl adjacent to an activating group) is 1. The van der Waals surface area contributed by atoms with Crippen molar-refractivity contribution < 1.29 is 21.6 Å². The molecule has 2 saturated heterocycles. The third-order valence-corrected chi connectivity index (χ3v) is 8.11. The van der Waals surface area contributed by atoms with E-state index < -0.39 is 35.9 Å². The fourth-order valence-electron chi connectivity index (χ4n) is 3.80. The van der Waals surface area contributed by atoms with Crippen LogP contribution >= 0.6 is 0 Å². The molecule has 1 amide bonds. The lowest BCUT2D eigenvalue weighted by Crippen LogP contribution is -2.48. The summed E-state index contributed by atoms with van der Waals surface area (Å²) in [5, 5.41) is 22.0. The molecular weight excluding hydrogens is 462 g/mol. The average Bonchev–Trinajstić information content (AvgIpc) is 3.42. The second kappa shape index (κ2) is 8.36. The lowest BCUT2D eigenvalue weighted by Gasteiger charge is -2.34. The van der Waals surface area contributed by atoms with Crippen molar-refractivity contribution in [3.8, 4) is 11.4 Å². The molecule has 4 rings (SSSR count). The van der Waals surface area contributed by atoms with Gasteiger partial charge < -0.3 is 15.1 Å². The number of carbonyl (C=O) groups excluding carboxylic acids is 1. The second-order valence-corrected chi connectivity index (χ2v) is 10.8. The maximum Gasteiger partial charge on any atom is 0.242 e. The van der Waals surface area contributed by atoms with Crippen molar-refractivity contribution in [1.82, 2.24) is 35.6 Å². The Morgan fingerprint density at radius 2 is 2.00 bits per heavy atom. The van der Waals surface area contributed by atoms with E-state index in [1.54, 1.807) is 16.8 Å². The first kappa shape index (κ1) is 22.5. The molecular formula is C16H23N9O5S2. The minimum Gasteiger partial charge on any atom is -0.360 e. The molecule has 14 nitrogen and oxygen atoms in total. The van der Waals surface area contributed by atoms with Gasteiger partial charge in [-0.2, -0.15) is 5.21 Å². The number of piperazine rings is 1. The molecule has 2 aliphatic heterocycles.